The Morgan fingerprint density at radius 3 is 2.62 bits per heavy atom. The zero-order valence-corrected chi connectivity index (χ0v) is 16.9. The van der Waals surface area contributed by atoms with Gasteiger partial charge in [-0.2, -0.15) is 4.98 Å². The Morgan fingerprint density at radius 1 is 1.00 bits per heavy atom. The Morgan fingerprint density at radius 2 is 1.83 bits per heavy atom. The Bertz CT molecular complexity index is 1130. The van der Waals surface area contributed by atoms with Gasteiger partial charge in [-0.25, -0.2) is 0 Å². The van der Waals surface area contributed by atoms with Crippen molar-refractivity contribution in [3.8, 4) is 34.3 Å². The summed E-state index contributed by atoms with van der Waals surface area (Å²) in [5, 5.41) is 12.7. The molecule has 4 aromatic rings. The highest BCUT2D eigenvalue weighted by Crippen LogP contribution is 2.32. The van der Waals surface area contributed by atoms with Gasteiger partial charge in [0.2, 0.25) is 17.6 Å². The topological polar surface area (TPSA) is 96.3 Å². The van der Waals surface area contributed by atoms with E-state index in [1.54, 1.807) is 26.4 Å². The van der Waals surface area contributed by atoms with Crippen LogP contribution in [-0.2, 0) is 5.75 Å². The Labute approximate surface area is 171 Å². The van der Waals surface area contributed by atoms with Crippen LogP contribution in [0, 0.1) is 6.92 Å². The predicted octanol–water partition coefficient (Wildman–Crippen LogP) is 4.40. The molecule has 8 nitrogen and oxygen atoms in total. The minimum atomic E-state index is 0.412. The lowest BCUT2D eigenvalue weighted by atomic mass is 10.1. The van der Waals surface area contributed by atoms with E-state index in [4.69, 9.17) is 18.4 Å². The van der Waals surface area contributed by atoms with Crippen molar-refractivity contribution in [2.45, 2.75) is 17.9 Å². The van der Waals surface area contributed by atoms with Crippen molar-refractivity contribution in [2.24, 2.45) is 0 Å². The second kappa shape index (κ2) is 8.36. The van der Waals surface area contributed by atoms with E-state index in [0.717, 1.165) is 16.7 Å². The second-order valence-corrected chi connectivity index (χ2v) is 6.98. The fourth-order valence-corrected chi connectivity index (χ4v) is 3.32. The van der Waals surface area contributed by atoms with Crippen molar-refractivity contribution in [2.75, 3.05) is 14.2 Å². The van der Waals surface area contributed by atoms with Gasteiger partial charge in [0.25, 0.3) is 5.22 Å². The Kier molecular flexibility index (Phi) is 5.48. The Hall–Kier alpha value is -3.33. The highest BCUT2D eigenvalue weighted by molar-refractivity contribution is 7.98. The van der Waals surface area contributed by atoms with Gasteiger partial charge in [-0.1, -0.05) is 35.1 Å². The highest BCUT2D eigenvalue weighted by Gasteiger charge is 2.15. The molecule has 2 aromatic carbocycles. The van der Waals surface area contributed by atoms with E-state index >= 15 is 0 Å². The van der Waals surface area contributed by atoms with E-state index in [9.17, 15) is 0 Å². The SMILES string of the molecule is COc1ccc(-c2noc(CSc3nnc(-c4ccccc4C)o3)n2)cc1OC. The third kappa shape index (κ3) is 4.09. The van der Waals surface area contributed by atoms with E-state index in [-0.39, 0.29) is 0 Å². The fourth-order valence-electron chi connectivity index (χ4n) is 2.72. The quantitative estimate of drug-likeness (QED) is 0.411. The van der Waals surface area contributed by atoms with E-state index in [0.29, 0.717) is 40.1 Å². The molecule has 0 atom stereocenters. The van der Waals surface area contributed by atoms with Crippen molar-refractivity contribution in [3.05, 3.63) is 53.9 Å². The fraction of sp³-hybridized carbons (Fsp3) is 0.200. The van der Waals surface area contributed by atoms with Gasteiger partial charge in [-0.3, -0.25) is 0 Å². The molecule has 9 heteroatoms. The van der Waals surface area contributed by atoms with Crippen LogP contribution in [0.15, 0.2) is 56.6 Å². The number of aromatic nitrogens is 4. The first-order valence-electron chi connectivity index (χ1n) is 8.75. The van der Waals surface area contributed by atoms with Crippen LogP contribution in [0.5, 0.6) is 11.5 Å². The molecule has 4 rings (SSSR count). The first-order chi connectivity index (χ1) is 14.2. The number of methoxy groups -OCH3 is 2. The van der Waals surface area contributed by atoms with Crippen LogP contribution in [0.4, 0.5) is 0 Å². The van der Waals surface area contributed by atoms with Crippen LogP contribution in [0.3, 0.4) is 0 Å². The summed E-state index contributed by atoms with van der Waals surface area (Å²) in [6.45, 7) is 2.00. The molecule has 0 radical (unpaired) electrons. The molecule has 0 aliphatic carbocycles. The summed E-state index contributed by atoms with van der Waals surface area (Å²) in [6.07, 6.45) is 0. The molecular weight excluding hydrogens is 392 g/mol. The number of hydrogen-bond donors (Lipinski definition) is 0. The average Bonchev–Trinajstić information content (AvgIpc) is 3.42. The number of aryl methyl sites for hydroxylation is 1. The number of thioether (sulfide) groups is 1. The molecule has 0 N–H and O–H groups in total. The maximum Gasteiger partial charge on any atom is 0.277 e. The first kappa shape index (κ1) is 19.0. The molecule has 0 saturated heterocycles. The van der Waals surface area contributed by atoms with E-state index in [2.05, 4.69) is 20.3 Å². The van der Waals surface area contributed by atoms with Gasteiger partial charge >= 0.3 is 0 Å². The van der Waals surface area contributed by atoms with Crippen LogP contribution in [0.1, 0.15) is 11.5 Å². The highest BCUT2D eigenvalue weighted by atomic mass is 32.2. The summed E-state index contributed by atoms with van der Waals surface area (Å²) in [5.41, 5.74) is 2.76. The molecule has 0 saturated carbocycles. The summed E-state index contributed by atoms with van der Waals surface area (Å²) in [4.78, 5) is 4.42. The van der Waals surface area contributed by atoms with Gasteiger partial charge < -0.3 is 18.4 Å². The number of nitrogens with zero attached hydrogens (tertiary/aromatic N) is 4. The minimum Gasteiger partial charge on any atom is -0.493 e. The predicted molar refractivity (Wildman–Crippen MR) is 107 cm³/mol. The van der Waals surface area contributed by atoms with E-state index < -0.39 is 0 Å². The lowest BCUT2D eigenvalue weighted by Crippen LogP contribution is -1.91. The van der Waals surface area contributed by atoms with Crippen LogP contribution >= 0.6 is 11.8 Å². The van der Waals surface area contributed by atoms with Crippen molar-refractivity contribution in [1.82, 2.24) is 20.3 Å². The molecule has 0 spiro atoms. The van der Waals surface area contributed by atoms with Crippen LogP contribution < -0.4 is 9.47 Å². The number of benzene rings is 2. The molecule has 0 aliphatic heterocycles. The molecule has 0 unspecified atom stereocenters. The minimum absolute atomic E-state index is 0.412. The van der Waals surface area contributed by atoms with Gasteiger partial charge in [0.15, 0.2) is 11.5 Å². The Balaban J connectivity index is 1.45. The molecule has 0 amide bonds. The second-order valence-electron chi connectivity index (χ2n) is 6.06. The van der Waals surface area contributed by atoms with Crippen molar-refractivity contribution >= 4 is 11.8 Å². The number of hydrogen-bond acceptors (Lipinski definition) is 9. The molecule has 0 fully saturated rings. The molecule has 0 bridgehead atoms. The van der Waals surface area contributed by atoms with E-state index in [1.165, 1.54) is 11.8 Å². The summed E-state index contributed by atoms with van der Waals surface area (Å²) in [6, 6.07) is 13.3. The van der Waals surface area contributed by atoms with Gasteiger partial charge in [0.1, 0.15) is 0 Å². The lowest BCUT2D eigenvalue weighted by molar-refractivity contribution is 0.355. The summed E-state index contributed by atoms with van der Waals surface area (Å²) < 4.78 is 21.6. The summed E-state index contributed by atoms with van der Waals surface area (Å²) in [7, 11) is 3.17. The number of ether oxygens (including phenoxy) is 2. The lowest BCUT2D eigenvalue weighted by Gasteiger charge is -2.07. The van der Waals surface area contributed by atoms with E-state index in [1.807, 2.05) is 37.3 Å². The van der Waals surface area contributed by atoms with Crippen molar-refractivity contribution in [3.63, 3.8) is 0 Å². The van der Waals surface area contributed by atoms with Crippen LogP contribution in [-0.4, -0.2) is 34.6 Å². The molecule has 29 heavy (non-hydrogen) atoms. The zero-order valence-electron chi connectivity index (χ0n) is 16.1. The number of rotatable bonds is 7. The normalized spacial score (nSPS) is 10.9. The van der Waals surface area contributed by atoms with Crippen molar-refractivity contribution < 1.29 is 18.4 Å². The van der Waals surface area contributed by atoms with Gasteiger partial charge in [-0.05, 0) is 36.8 Å². The molecule has 2 heterocycles. The van der Waals surface area contributed by atoms with Gasteiger partial charge in [-0.15, -0.1) is 10.2 Å². The van der Waals surface area contributed by atoms with Gasteiger partial charge in [0, 0.05) is 11.1 Å². The van der Waals surface area contributed by atoms with Crippen LogP contribution in [0.2, 0.25) is 0 Å². The summed E-state index contributed by atoms with van der Waals surface area (Å²) in [5.74, 6) is 3.05. The third-order valence-electron chi connectivity index (χ3n) is 4.21. The molecular formula is C20H18N4O4S. The largest absolute Gasteiger partial charge is 0.493 e. The van der Waals surface area contributed by atoms with Crippen molar-refractivity contribution in [1.29, 1.82) is 0 Å². The molecule has 0 aliphatic rings. The molecule has 2 aromatic heterocycles. The first-order valence-corrected chi connectivity index (χ1v) is 9.74. The third-order valence-corrected chi connectivity index (χ3v) is 5.01. The standard InChI is InChI=1S/C20H18N4O4S/c1-12-6-4-5-7-14(12)19-22-23-20(27-19)29-11-17-21-18(24-28-17)13-8-9-15(25-2)16(10-13)26-3/h4-10H,11H2,1-3H3. The summed E-state index contributed by atoms with van der Waals surface area (Å²) >= 11 is 1.34. The maximum absolute atomic E-state index is 5.74. The van der Waals surface area contributed by atoms with Gasteiger partial charge in [0.05, 0.1) is 20.0 Å². The van der Waals surface area contributed by atoms with Crippen LogP contribution in [0.25, 0.3) is 22.8 Å². The molecule has 148 valence electrons. The monoisotopic (exact) mass is 410 g/mol. The zero-order chi connectivity index (χ0) is 20.2. The average molecular weight is 410 g/mol. The smallest absolute Gasteiger partial charge is 0.277 e. The maximum atomic E-state index is 5.74.